The predicted octanol–water partition coefficient (Wildman–Crippen LogP) is 1.51. The predicted molar refractivity (Wildman–Crippen MR) is 69.3 cm³/mol. The Morgan fingerprint density at radius 2 is 2.21 bits per heavy atom. The molecular weight excluding hydrogens is 268 g/mol. The van der Waals surface area contributed by atoms with Crippen molar-refractivity contribution in [1.29, 1.82) is 0 Å². The van der Waals surface area contributed by atoms with Gasteiger partial charge in [-0.15, -0.1) is 0 Å². The van der Waals surface area contributed by atoms with Crippen molar-refractivity contribution in [2.45, 2.75) is 6.92 Å². The minimum Gasteiger partial charge on any atom is -0.480 e. The van der Waals surface area contributed by atoms with Crippen molar-refractivity contribution >= 4 is 35.0 Å². The van der Waals surface area contributed by atoms with E-state index in [0.29, 0.717) is 10.5 Å². The summed E-state index contributed by atoms with van der Waals surface area (Å²) in [4.78, 5) is 38.9. The van der Waals surface area contributed by atoms with E-state index in [1.165, 1.54) is 6.08 Å². The molecule has 0 spiro atoms. The Morgan fingerprint density at radius 3 is 2.79 bits per heavy atom. The van der Waals surface area contributed by atoms with Gasteiger partial charge in [-0.25, -0.2) is 0 Å². The van der Waals surface area contributed by atoms with E-state index in [0.717, 1.165) is 17.5 Å². The normalized spacial score (nSPS) is 17.3. The molecule has 1 fully saturated rings. The monoisotopic (exact) mass is 278 g/mol. The highest BCUT2D eigenvalue weighted by Crippen LogP contribution is 2.31. The molecular formula is C12H10N2O4S. The van der Waals surface area contributed by atoms with Crippen LogP contribution in [-0.2, 0) is 9.59 Å². The van der Waals surface area contributed by atoms with Gasteiger partial charge in [0.05, 0.1) is 4.91 Å². The molecule has 2 rings (SSSR count). The van der Waals surface area contributed by atoms with E-state index in [9.17, 15) is 14.4 Å². The first kappa shape index (κ1) is 13.3. The van der Waals surface area contributed by atoms with E-state index >= 15 is 0 Å². The van der Waals surface area contributed by atoms with Crippen molar-refractivity contribution in [2.24, 2.45) is 0 Å². The number of aliphatic carboxylic acids is 1. The fourth-order valence-electron chi connectivity index (χ4n) is 1.49. The summed E-state index contributed by atoms with van der Waals surface area (Å²) in [6.45, 7) is 1.22. The molecule has 0 radical (unpaired) electrons. The number of hydrogen-bond donors (Lipinski definition) is 1. The van der Waals surface area contributed by atoms with Crippen molar-refractivity contribution in [3.8, 4) is 0 Å². The molecule has 0 aliphatic carbocycles. The van der Waals surface area contributed by atoms with Crippen molar-refractivity contribution in [3.63, 3.8) is 0 Å². The van der Waals surface area contributed by atoms with Gasteiger partial charge in [0.1, 0.15) is 6.54 Å². The second-order valence-corrected chi connectivity index (χ2v) is 4.89. The lowest BCUT2D eigenvalue weighted by Gasteiger charge is -2.07. The number of aryl methyl sites for hydroxylation is 1. The van der Waals surface area contributed by atoms with Gasteiger partial charge >= 0.3 is 5.97 Å². The average Bonchev–Trinajstić information content (AvgIpc) is 2.60. The number of carbonyl (C=O) groups excluding carboxylic acids is 2. The van der Waals surface area contributed by atoms with Crippen molar-refractivity contribution in [2.75, 3.05) is 6.54 Å². The molecule has 7 heteroatoms. The van der Waals surface area contributed by atoms with Gasteiger partial charge < -0.3 is 5.11 Å². The highest BCUT2D eigenvalue weighted by atomic mass is 32.2. The lowest BCUT2D eigenvalue weighted by molar-refractivity contribution is -0.140. The Balaban J connectivity index is 2.23. The lowest BCUT2D eigenvalue weighted by Crippen LogP contribution is -2.33. The second kappa shape index (κ2) is 5.23. The highest BCUT2D eigenvalue weighted by Gasteiger charge is 2.36. The van der Waals surface area contributed by atoms with Crippen LogP contribution >= 0.6 is 11.8 Å². The fraction of sp³-hybridized carbons (Fsp3) is 0.167. The van der Waals surface area contributed by atoms with Crippen LogP contribution in [0.3, 0.4) is 0 Å². The first-order valence-corrected chi connectivity index (χ1v) is 6.19. The average molecular weight is 278 g/mol. The zero-order chi connectivity index (χ0) is 14.0. The maximum atomic E-state index is 11.9. The molecule has 6 nitrogen and oxygen atoms in total. The number of carbonyl (C=O) groups is 3. The molecule has 1 aromatic rings. The number of carboxylic acids is 1. The zero-order valence-electron chi connectivity index (χ0n) is 9.99. The second-order valence-electron chi connectivity index (χ2n) is 3.89. The van der Waals surface area contributed by atoms with Crippen LogP contribution in [0.15, 0.2) is 23.2 Å². The molecule has 1 aliphatic rings. The lowest BCUT2D eigenvalue weighted by atomic mass is 10.2. The van der Waals surface area contributed by atoms with Crippen LogP contribution < -0.4 is 0 Å². The van der Waals surface area contributed by atoms with Crippen molar-refractivity contribution in [3.05, 3.63) is 34.5 Å². The van der Waals surface area contributed by atoms with Gasteiger partial charge in [0.25, 0.3) is 11.1 Å². The molecule has 0 unspecified atom stereocenters. The number of hydrogen-bond acceptors (Lipinski definition) is 5. The van der Waals surface area contributed by atoms with Crippen LogP contribution in [0.2, 0.25) is 0 Å². The van der Waals surface area contributed by atoms with Crippen LogP contribution in [-0.4, -0.2) is 38.7 Å². The fourth-order valence-corrected chi connectivity index (χ4v) is 2.33. The smallest absolute Gasteiger partial charge is 0.323 e. The number of nitrogens with zero attached hydrogens (tertiary/aromatic N) is 2. The minimum atomic E-state index is -1.22. The molecule has 19 heavy (non-hydrogen) atoms. The number of amides is 2. The Labute approximate surface area is 113 Å². The standard InChI is InChI=1S/C12H10N2O4S/c1-7-2-3-8(5-13-7)4-9-11(17)14(6-10(15)16)12(18)19-9/h2-5H,6H2,1H3,(H,15,16)/b9-4-. The SMILES string of the molecule is Cc1ccc(/C=C2\SC(=O)N(CC(=O)O)C2=O)cn1. The molecule has 0 bridgehead atoms. The van der Waals surface area contributed by atoms with Gasteiger partial charge in [-0.05, 0) is 36.4 Å². The van der Waals surface area contributed by atoms with Crippen LogP contribution in [0.4, 0.5) is 4.79 Å². The Bertz CT molecular complexity index is 580. The molecule has 1 N–H and O–H groups in total. The summed E-state index contributed by atoms with van der Waals surface area (Å²) >= 11 is 0.730. The molecule has 2 heterocycles. The first-order valence-electron chi connectivity index (χ1n) is 5.37. The largest absolute Gasteiger partial charge is 0.480 e. The molecule has 1 aromatic heterocycles. The van der Waals surface area contributed by atoms with E-state index in [2.05, 4.69) is 4.98 Å². The minimum absolute atomic E-state index is 0.205. The summed E-state index contributed by atoms with van der Waals surface area (Å²) in [5.74, 6) is -1.81. The Kier molecular flexibility index (Phi) is 3.66. The van der Waals surface area contributed by atoms with Crippen LogP contribution in [0, 0.1) is 6.92 Å². The first-order chi connectivity index (χ1) is 8.97. The van der Waals surface area contributed by atoms with Gasteiger partial charge in [-0.3, -0.25) is 24.3 Å². The summed E-state index contributed by atoms with van der Waals surface area (Å²) in [7, 11) is 0. The van der Waals surface area contributed by atoms with E-state index in [1.807, 2.05) is 6.92 Å². The van der Waals surface area contributed by atoms with Gasteiger partial charge in [0.15, 0.2) is 0 Å². The summed E-state index contributed by atoms with van der Waals surface area (Å²) in [5, 5.41) is 8.06. The molecule has 0 atom stereocenters. The maximum Gasteiger partial charge on any atom is 0.323 e. The van der Waals surface area contributed by atoms with Gasteiger partial charge in [-0.2, -0.15) is 0 Å². The molecule has 2 amide bonds. The molecule has 1 aliphatic heterocycles. The summed E-state index contributed by atoms with van der Waals surface area (Å²) in [6.07, 6.45) is 3.11. The Hall–Kier alpha value is -2.15. The van der Waals surface area contributed by atoms with Gasteiger partial charge in [-0.1, -0.05) is 6.07 Å². The molecule has 0 aromatic carbocycles. The topological polar surface area (TPSA) is 87.6 Å². The summed E-state index contributed by atoms with van der Waals surface area (Å²) in [5.41, 5.74) is 1.53. The van der Waals surface area contributed by atoms with Crippen LogP contribution in [0.1, 0.15) is 11.3 Å². The number of imide groups is 1. The third-order valence-electron chi connectivity index (χ3n) is 2.40. The molecule has 0 saturated carbocycles. The van der Waals surface area contributed by atoms with E-state index in [4.69, 9.17) is 5.11 Å². The van der Waals surface area contributed by atoms with Crippen LogP contribution in [0.5, 0.6) is 0 Å². The van der Waals surface area contributed by atoms with Crippen molar-refractivity contribution < 1.29 is 19.5 Å². The van der Waals surface area contributed by atoms with Gasteiger partial charge in [0, 0.05) is 11.9 Å². The quantitative estimate of drug-likeness (QED) is 0.843. The van der Waals surface area contributed by atoms with Crippen molar-refractivity contribution in [1.82, 2.24) is 9.88 Å². The maximum absolute atomic E-state index is 11.9. The number of thioether (sulfide) groups is 1. The number of rotatable bonds is 3. The summed E-state index contributed by atoms with van der Waals surface area (Å²) in [6, 6.07) is 3.56. The third-order valence-corrected chi connectivity index (χ3v) is 3.31. The number of carboxylic acid groups (broad SMARTS) is 1. The van der Waals surface area contributed by atoms with Gasteiger partial charge in [0.2, 0.25) is 0 Å². The van der Waals surface area contributed by atoms with Crippen LogP contribution in [0.25, 0.3) is 6.08 Å². The number of aromatic nitrogens is 1. The Morgan fingerprint density at radius 1 is 1.47 bits per heavy atom. The highest BCUT2D eigenvalue weighted by molar-refractivity contribution is 8.18. The molecule has 98 valence electrons. The van der Waals surface area contributed by atoms with E-state index in [1.54, 1.807) is 18.3 Å². The number of pyridine rings is 1. The molecule has 1 saturated heterocycles. The summed E-state index contributed by atoms with van der Waals surface area (Å²) < 4.78 is 0. The van der Waals surface area contributed by atoms with E-state index in [-0.39, 0.29) is 4.91 Å². The van der Waals surface area contributed by atoms with E-state index < -0.39 is 23.7 Å². The zero-order valence-corrected chi connectivity index (χ0v) is 10.8. The third kappa shape index (κ3) is 3.00.